The Labute approximate surface area is 114 Å². The molecule has 1 heterocycles. The van der Waals surface area contributed by atoms with Gasteiger partial charge in [-0.2, -0.15) is 0 Å². The van der Waals surface area contributed by atoms with Gasteiger partial charge in [0.25, 0.3) is 10.0 Å². The topological polar surface area (TPSA) is 85.1 Å². The van der Waals surface area contributed by atoms with Crippen LogP contribution in [0.25, 0.3) is 0 Å². The Balaban J connectivity index is 2.40. The summed E-state index contributed by atoms with van der Waals surface area (Å²) in [6, 6.07) is 4.66. The van der Waals surface area contributed by atoms with Crippen LogP contribution in [-0.2, 0) is 16.6 Å². The largest absolute Gasteiger partial charge is 0.326 e. The Hall–Kier alpha value is -1.15. The molecular weight excluding hydrogens is 294 g/mol. The summed E-state index contributed by atoms with van der Waals surface area (Å²) in [6.45, 7) is 0.247. The number of sulfonamides is 1. The molecule has 5 nitrogen and oxygen atoms in total. The Kier molecular flexibility index (Phi) is 3.86. The zero-order valence-electron chi connectivity index (χ0n) is 9.13. The van der Waals surface area contributed by atoms with E-state index >= 15 is 0 Å². The van der Waals surface area contributed by atoms with Gasteiger partial charge >= 0.3 is 0 Å². The Morgan fingerprint density at radius 2 is 2.22 bits per heavy atom. The molecule has 0 aliphatic carbocycles. The second-order valence-electron chi connectivity index (χ2n) is 3.41. The number of nitrogens with zero attached hydrogens (tertiary/aromatic N) is 1. The predicted molar refractivity (Wildman–Crippen MR) is 72.3 cm³/mol. The van der Waals surface area contributed by atoms with Gasteiger partial charge in [0.15, 0.2) is 5.13 Å². The second kappa shape index (κ2) is 5.23. The van der Waals surface area contributed by atoms with Gasteiger partial charge in [-0.3, -0.25) is 4.72 Å². The van der Waals surface area contributed by atoms with Gasteiger partial charge in [-0.1, -0.05) is 17.7 Å². The minimum absolute atomic E-state index is 0.00215. The molecule has 1 aromatic heterocycles. The van der Waals surface area contributed by atoms with E-state index in [-0.39, 0.29) is 16.5 Å². The number of nitrogens with one attached hydrogen (secondary N) is 1. The molecule has 2 rings (SSSR count). The third kappa shape index (κ3) is 2.81. The maximum Gasteiger partial charge on any atom is 0.265 e. The number of thiazole rings is 1. The van der Waals surface area contributed by atoms with Crippen molar-refractivity contribution in [2.75, 3.05) is 4.72 Å². The highest BCUT2D eigenvalue weighted by atomic mass is 35.5. The predicted octanol–water partition coefficient (Wildman–Crippen LogP) is 2.06. The van der Waals surface area contributed by atoms with Gasteiger partial charge < -0.3 is 5.73 Å². The zero-order valence-corrected chi connectivity index (χ0v) is 11.5. The lowest BCUT2D eigenvalue weighted by molar-refractivity contribution is 0.601. The average Bonchev–Trinajstić information content (AvgIpc) is 2.81. The van der Waals surface area contributed by atoms with E-state index in [0.717, 1.165) is 0 Å². The van der Waals surface area contributed by atoms with Crippen LogP contribution in [0.4, 0.5) is 5.13 Å². The smallest absolute Gasteiger partial charge is 0.265 e. The minimum Gasteiger partial charge on any atom is -0.326 e. The first kappa shape index (κ1) is 13.3. The number of aromatic nitrogens is 1. The van der Waals surface area contributed by atoms with Crippen LogP contribution >= 0.6 is 22.9 Å². The van der Waals surface area contributed by atoms with Crippen LogP contribution in [0.2, 0.25) is 5.02 Å². The van der Waals surface area contributed by atoms with Gasteiger partial charge in [-0.25, -0.2) is 13.4 Å². The van der Waals surface area contributed by atoms with E-state index < -0.39 is 10.0 Å². The first-order valence-electron chi connectivity index (χ1n) is 4.94. The lowest BCUT2D eigenvalue weighted by Crippen LogP contribution is -2.14. The number of rotatable bonds is 4. The van der Waals surface area contributed by atoms with Crippen molar-refractivity contribution in [3.63, 3.8) is 0 Å². The van der Waals surface area contributed by atoms with Crippen molar-refractivity contribution in [3.8, 4) is 0 Å². The van der Waals surface area contributed by atoms with Crippen molar-refractivity contribution in [1.29, 1.82) is 0 Å². The number of nitrogens with two attached hydrogens (primary N) is 1. The third-order valence-corrected chi connectivity index (χ3v) is 4.81. The number of anilines is 1. The normalized spacial score (nSPS) is 11.4. The molecule has 0 saturated carbocycles. The van der Waals surface area contributed by atoms with Crippen LogP contribution in [0.1, 0.15) is 5.56 Å². The molecule has 0 atom stereocenters. The monoisotopic (exact) mass is 303 g/mol. The van der Waals surface area contributed by atoms with Crippen molar-refractivity contribution in [2.24, 2.45) is 5.73 Å². The van der Waals surface area contributed by atoms with Crippen LogP contribution in [0.3, 0.4) is 0 Å². The molecule has 0 spiro atoms. The van der Waals surface area contributed by atoms with E-state index in [4.69, 9.17) is 17.3 Å². The van der Waals surface area contributed by atoms with Crippen LogP contribution in [-0.4, -0.2) is 13.4 Å². The number of hydrogen-bond acceptors (Lipinski definition) is 5. The molecule has 0 aliphatic heterocycles. The Morgan fingerprint density at radius 3 is 2.83 bits per heavy atom. The molecule has 96 valence electrons. The highest BCUT2D eigenvalue weighted by Gasteiger charge is 2.19. The molecular formula is C10H10ClN3O2S2. The fourth-order valence-corrected chi connectivity index (χ4v) is 3.66. The van der Waals surface area contributed by atoms with Gasteiger partial charge in [0.1, 0.15) is 4.90 Å². The van der Waals surface area contributed by atoms with Crippen molar-refractivity contribution in [3.05, 3.63) is 40.4 Å². The Bertz CT molecular complexity index is 641. The van der Waals surface area contributed by atoms with Crippen LogP contribution < -0.4 is 10.5 Å². The van der Waals surface area contributed by atoms with Gasteiger partial charge in [0.05, 0.1) is 5.02 Å². The quantitative estimate of drug-likeness (QED) is 0.905. The van der Waals surface area contributed by atoms with Gasteiger partial charge in [-0.15, -0.1) is 11.3 Å². The van der Waals surface area contributed by atoms with Gasteiger partial charge in [0.2, 0.25) is 0 Å². The molecule has 0 bridgehead atoms. The molecule has 2 aromatic rings. The molecule has 8 heteroatoms. The average molecular weight is 304 g/mol. The third-order valence-electron chi connectivity index (χ3n) is 2.17. The molecule has 0 radical (unpaired) electrons. The summed E-state index contributed by atoms with van der Waals surface area (Å²) in [5.41, 5.74) is 6.17. The number of benzene rings is 1. The molecule has 0 saturated heterocycles. The van der Waals surface area contributed by atoms with Crippen LogP contribution in [0, 0.1) is 0 Å². The molecule has 3 N–H and O–H groups in total. The van der Waals surface area contributed by atoms with E-state index in [1.54, 1.807) is 11.4 Å². The lowest BCUT2D eigenvalue weighted by atomic mass is 10.2. The van der Waals surface area contributed by atoms with Crippen molar-refractivity contribution >= 4 is 38.1 Å². The van der Waals surface area contributed by atoms with Crippen LogP contribution in [0.5, 0.6) is 0 Å². The highest BCUT2D eigenvalue weighted by Crippen LogP contribution is 2.25. The molecule has 0 aliphatic rings. The van der Waals surface area contributed by atoms with Crippen LogP contribution in [0.15, 0.2) is 34.7 Å². The first-order valence-corrected chi connectivity index (χ1v) is 7.68. The fourth-order valence-electron chi connectivity index (χ4n) is 1.32. The van der Waals surface area contributed by atoms with Crippen molar-refractivity contribution < 1.29 is 8.42 Å². The lowest BCUT2D eigenvalue weighted by Gasteiger charge is -2.08. The maximum atomic E-state index is 12.1. The molecule has 0 fully saturated rings. The van der Waals surface area contributed by atoms with E-state index in [9.17, 15) is 8.42 Å². The summed E-state index contributed by atoms with van der Waals surface area (Å²) >= 11 is 7.09. The van der Waals surface area contributed by atoms with E-state index in [1.165, 1.54) is 29.7 Å². The standard InChI is InChI=1S/C10H10ClN3O2S2/c11-8-2-1-7(6-12)5-9(8)18(15,16)14-10-13-3-4-17-10/h1-5H,6,12H2,(H,13,14). The summed E-state index contributed by atoms with van der Waals surface area (Å²) in [4.78, 5) is 3.86. The van der Waals surface area contributed by atoms with Crippen molar-refractivity contribution in [1.82, 2.24) is 4.98 Å². The summed E-state index contributed by atoms with van der Waals surface area (Å²) < 4.78 is 26.6. The first-order chi connectivity index (χ1) is 8.53. The molecule has 0 unspecified atom stereocenters. The SMILES string of the molecule is NCc1ccc(Cl)c(S(=O)(=O)Nc2nccs2)c1. The molecule has 0 amide bonds. The summed E-state index contributed by atoms with van der Waals surface area (Å²) in [5.74, 6) is 0. The highest BCUT2D eigenvalue weighted by molar-refractivity contribution is 7.93. The number of hydrogen-bond donors (Lipinski definition) is 2. The van der Waals surface area contributed by atoms with E-state index in [0.29, 0.717) is 10.7 Å². The summed E-state index contributed by atoms with van der Waals surface area (Å²) in [6.07, 6.45) is 1.51. The fraction of sp³-hybridized carbons (Fsp3) is 0.100. The Morgan fingerprint density at radius 1 is 1.44 bits per heavy atom. The minimum atomic E-state index is -3.74. The van der Waals surface area contributed by atoms with E-state index in [2.05, 4.69) is 9.71 Å². The summed E-state index contributed by atoms with van der Waals surface area (Å²) in [5, 5.41) is 2.12. The number of halogens is 1. The maximum absolute atomic E-state index is 12.1. The molecule has 18 heavy (non-hydrogen) atoms. The van der Waals surface area contributed by atoms with Gasteiger partial charge in [-0.05, 0) is 17.7 Å². The second-order valence-corrected chi connectivity index (χ2v) is 6.36. The zero-order chi connectivity index (χ0) is 13.2. The summed E-state index contributed by atoms with van der Waals surface area (Å²) in [7, 11) is -3.74. The van der Waals surface area contributed by atoms with Crippen molar-refractivity contribution in [2.45, 2.75) is 11.4 Å². The van der Waals surface area contributed by atoms with E-state index in [1.807, 2.05) is 0 Å². The molecule has 1 aromatic carbocycles. The van der Waals surface area contributed by atoms with Gasteiger partial charge in [0, 0.05) is 18.1 Å².